The number of halogens is 1. The lowest BCUT2D eigenvalue weighted by atomic mass is 10.1. The predicted molar refractivity (Wildman–Crippen MR) is 77.4 cm³/mol. The van der Waals surface area contributed by atoms with Gasteiger partial charge in [0.25, 0.3) is 5.69 Å². The van der Waals surface area contributed by atoms with Gasteiger partial charge in [0.15, 0.2) is 5.69 Å². The quantitative estimate of drug-likeness (QED) is 0.691. The molecule has 0 saturated heterocycles. The van der Waals surface area contributed by atoms with Crippen LogP contribution in [0.1, 0.15) is 0 Å². The summed E-state index contributed by atoms with van der Waals surface area (Å²) >= 11 is 5.96. The zero-order chi connectivity index (χ0) is 14.7. The van der Waals surface area contributed by atoms with Gasteiger partial charge in [0, 0.05) is 18.1 Å². The van der Waals surface area contributed by atoms with Crippen molar-refractivity contribution < 1.29 is 9.66 Å². The molecule has 0 radical (unpaired) electrons. The average molecular weight is 294 g/mol. The van der Waals surface area contributed by atoms with Crippen LogP contribution in [0.15, 0.2) is 30.3 Å². The van der Waals surface area contributed by atoms with E-state index >= 15 is 0 Å². The van der Waals surface area contributed by atoms with Crippen molar-refractivity contribution in [3.63, 3.8) is 0 Å². The molecule has 1 aromatic heterocycles. The molecule has 2 aromatic rings. The summed E-state index contributed by atoms with van der Waals surface area (Å²) in [5.41, 5.74) is 0.578. The first-order valence-electron chi connectivity index (χ1n) is 5.74. The normalized spacial score (nSPS) is 10.2. The van der Waals surface area contributed by atoms with Gasteiger partial charge in [-0.15, -0.1) is 0 Å². The van der Waals surface area contributed by atoms with Gasteiger partial charge >= 0.3 is 0 Å². The maximum absolute atomic E-state index is 11.2. The fourth-order valence-corrected chi connectivity index (χ4v) is 1.97. The number of benzene rings is 1. The first-order valence-corrected chi connectivity index (χ1v) is 6.11. The van der Waals surface area contributed by atoms with E-state index in [2.05, 4.69) is 10.3 Å². The van der Waals surface area contributed by atoms with Crippen LogP contribution in [0.4, 0.5) is 11.5 Å². The maximum Gasteiger partial charge on any atom is 0.295 e. The molecular formula is C13H12ClN3O3. The molecule has 0 atom stereocenters. The Bertz CT molecular complexity index is 661. The van der Waals surface area contributed by atoms with E-state index < -0.39 is 4.92 Å². The van der Waals surface area contributed by atoms with Crippen LogP contribution < -0.4 is 10.1 Å². The van der Waals surface area contributed by atoms with E-state index in [1.165, 1.54) is 13.2 Å². The molecule has 20 heavy (non-hydrogen) atoms. The predicted octanol–water partition coefficient (Wildman–Crippen LogP) is 3.36. The lowest BCUT2D eigenvalue weighted by Crippen LogP contribution is -2.00. The molecule has 0 bridgehead atoms. The molecule has 6 nitrogen and oxygen atoms in total. The van der Waals surface area contributed by atoms with E-state index in [0.717, 1.165) is 0 Å². The summed E-state index contributed by atoms with van der Waals surface area (Å²) in [4.78, 5) is 14.9. The second-order valence-electron chi connectivity index (χ2n) is 3.92. The minimum Gasteiger partial charge on any atom is -0.496 e. The van der Waals surface area contributed by atoms with Crippen molar-refractivity contribution in [2.24, 2.45) is 0 Å². The molecule has 0 spiro atoms. The zero-order valence-corrected chi connectivity index (χ0v) is 11.6. The first kappa shape index (κ1) is 14.1. The van der Waals surface area contributed by atoms with Gasteiger partial charge in [-0.05, 0) is 24.3 Å². The molecule has 1 heterocycles. The van der Waals surface area contributed by atoms with E-state index in [1.807, 2.05) is 0 Å². The van der Waals surface area contributed by atoms with Crippen LogP contribution in [-0.2, 0) is 0 Å². The Morgan fingerprint density at radius 3 is 2.70 bits per heavy atom. The Labute approximate surface area is 120 Å². The number of hydrogen-bond donors (Lipinski definition) is 1. The van der Waals surface area contributed by atoms with Crippen molar-refractivity contribution in [2.45, 2.75) is 0 Å². The molecule has 0 aliphatic heterocycles. The number of nitrogens with one attached hydrogen (secondary N) is 1. The smallest absolute Gasteiger partial charge is 0.295 e. The number of nitro groups is 1. The van der Waals surface area contributed by atoms with E-state index in [0.29, 0.717) is 22.2 Å². The lowest BCUT2D eigenvalue weighted by molar-refractivity contribution is -0.384. The largest absolute Gasteiger partial charge is 0.496 e. The van der Waals surface area contributed by atoms with Crippen molar-refractivity contribution in [3.05, 3.63) is 45.5 Å². The topological polar surface area (TPSA) is 77.3 Å². The van der Waals surface area contributed by atoms with Crippen LogP contribution in [0.2, 0.25) is 5.02 Å². The van der Waals surface area contributed by atoms with Crippen molar-refractivity contribution in [1.82, 2.24) is 4.98 Å². The SMILES string of the molecule is CNc1ccc([N+](=O)[O-])c(-c2cc(Cl)ccc2OC)n1. The van der Waals surface area contributed by atoms with Gasteiger partial charge in [-0.1, -0.05) is 11.6 Å². The number of hydrogen-bond acceptors (Lipinski definition) is 5. The van der Waals surface area contributed by atoms with Crippen LogP contribution in [0, 0.1) is 10.1 Å². The number of anilines is 1. The van der Waals surface area contributed by atoms with Crippen molar-refractivity contribution in [3.8, 4) is 17.0 Å². The summed E-state index contributed by atoms with van der Waals surface area (Å²) < 4.78 is 5.22. The monoisotopic (exact) mass is 293 g/mol. The number of ether oxygens (including phenoxy) is 1. The molecule has 2 rings (SSSR count). The summed E-state index contributed by atoms with van der Waals surface area (Å²) in [5, 5.41) is 14.4. The molecule has 0 amide bonds. The Balaban J connectivity index is 2.72. The van der Waals surface area contributed by atoms with Gasteiger partial charge in [-0.2, -0.15) is 0 Å². The molecule has 7 heteroatoms. The summed E-state index contributed by atoms with van der Waals surface area (Å²) in [6.07, 6.45) is 0. The van der Waals surface area contributed by atoms with E-state index in [-0.39, 0.29) is 11.4 Å². The summed E-state index contributed by atoms with van der Waals surface area (Å²) in [6, 6.07) is 7.83. The number of methoxy groups -OCH3 is 1. The van der Waals surface area contributed by atoms with Crippen LogP contribution in [-0.4, -0.2) is 24.1 Å². The third-order valence-electron chi connectivity index (χ3n) is 2.74. The second-order valence-corrected chi connectivity index (χ2v) is 4.35. The van der Waals surface area contributed by atoms with E-state index in [9.17, 15) is 10.1 Å². The van der Waals surface area contributed by atoms with Gasteiger partial charge < -0.3 is 10.1 Å². The minimum absolute atomic E-state index is 0.107. The molecule has 0 aliphatic rings. The minimum atomic E-state index is -0.484. The van der Waals surface area contributed by atoms with Gasteiger partial charge in [0.1, 0.15) is 11.6 Å². The molecule has 104 valence electrons. The molecule has 1 aromatic carbocycles. The highest BCUT2D eigenvalue weighted by molar-refractivity contribution is 6.31. The molecular weight excluding hydrogens is 282 g/mol. The van der Waals surface area contributed by atoms with Crippen molar-refractivity contribution in [2.75, 3.05) is 19.5 Å². The zero-order valence-electron chi connectivity index (χ0n) is 10.9. The Hall–Kier alpha value is -2.34. The Kier molecular flexibility index (Phi) is 4.05. The molecule has 0 fully saturated rings. The molecule has 0 aliphatic carbocycles. The summed E-state index contributed by atoms with van der Waals surface area (Å²) in [5.74, 6) is 0.992. The molecule has 1 N–H and O–H groups in total. The Morgan fingerprint density at radius 1 is 1.35 bits per heavy atom. The fourth-order valence-electron chi connectivity index (χ4n) is 1.80. The lowest BCUT2D eigenvalue weighted by Gasteiger charge is -2.10. The fraction of sp³-hybridized carbons (Fsp3) is 0.154. The summed E-state index contributed by atoms with van der Waals surface area (Å²) in [6.45, 7) is 0. The number of rotatable bonds is 4. The number of nitrogens with zero attached hydrogens (tertiary/aromatic N) is 2. The van der Waals surface area contributed by atoms with E-state index in [4.69, 9.17) is 16.3 Å². The standard InChI is InChI=1S/C13H12ClN3O3/c1-15-12-6-4-10(17(18)19)13(16-12)9-7-8(14)3-5-11(9)20-2/h3-7H,1-2H3,(H,15,16). The van der Waals surface area contributed by atoms with Crippen molar-refractivity contribution in [1.29, 1.82) is 0 Å². The maximum atomic E-state index is 11.2. The van der Waals surface area contributed by atoms with Gasteiger partial charge in [0.2, 0.25) is 0 Å². The number of aromatic nitrogens is 1. The molecule has 0 unspecified atom stereocenters. The third-order valence-corrected chi connectivity index (χ3v) is 2.98. The second kappa shape index (κ2) is 5.75. The molecule has 0 saturated carbocycles. The van der Waals surface area contributed by atoms with Crippen LogP contribution in [0.25, 0.3) is 11.3 Å². The van der Waals surface area contributed by atoms with Crippen LogP contribution in [0.3, 0.4) is 0 Å². The van der Waals surface area contributed by atoms with Gasteiger partial charge in [-0.25, -0.2) is 4.98 Å². The number of pyridine rings is 1. The van der Waals surface area contributed by atoms with Crippen molar-refractivity contribution >= 4 is 23.1 Å². The van der Waals surface area contributed by atoms with Gasteiger partial charge in [0.05, 0.1) is 17.6 Å². The van der Waals surface area contributed by atoms with E-state index in [1.54, 1.807) is 31.3 Å². The third kappa shape index (κ3) is 2.65. The Morgan fingerprint density at radius 2 is 2.10 bits per heavy atom. The highest BCUT2D eigenvalue weighted by Gasteiger charge is 2.21. The van der Waals surface area contributed by atoms with Crippen LogP contribution in [0.5, 0.6) is 5.75 Å². The first-order chi connectivity index (χ1) is 9.56. The van der Waals surface area contributed by atoms with Gasteiger partial charge in [-0.3, -0.25) is 10.1 Å². The summed E-state index contributed by atoms with van der Waals surface area (Å²) in [7, 11) is 3.17. The highest BCUT2D eigenvalue weighted by Crippen LogP contribution is 2.37. The average Bonchev–Trinajstić information content (AvgIpc) is 2.46. The van der Waals surface area contributed by atoms with Crippen LogP contribution >= 0.6 is 11.6 Å². The highest BCUT2D eigenvalue weighted by atomic mass is 35.5.